The van der Waals surface area contributed by atoms with E-state index in [2.05, 4.69) is 12.1 Å². The van der Waals surface area contributed by atoms with Crippen molar-refractivity contribution in [1.82, 2.24) is 4.90 Å². The third kappa shape index (κ3) is 7.75. The van der Waals surface area contributed by atoms with E-state index < -0.39 is 5.97 Å². The molecule has 116 valence electrons. The standard InChI is InChI=1S/C16H23NO3S/c1-13(2)10-17(11-16(19)20)15(18)12-21-9-8-14-6-4-3-5-7-14/h3-7,13H,8-12H2,1-2H3,(H,19,20). The summed E-state index contributed by atoms with van der Waals surface area (Å²) in [7, 11) is 0. The molecule has 21 heavy (non-hydrogen) atoms. The molecule has 0 heterocycles. The van der Waals surface area contributed by atoms with Crippen molar-refractivity contribution in [2.75, 3.05) is 24.6 Å². The molecule has 4 nitrogen and oxygen atoms in total. The first-order chi connectivity index (χ1) is 9.99. The number of aryl methyl sites for hydroxylation is 1. The Kier molecular flexibility index (Phi) is 7.90. The highest BCUT2D eigenvalue weighted by molar-refractivity contribution is 7.99. The maximum Gasteiger partial charge on any atom is 0.323 e. The van der Waals surface area contributed by atoms with Gasteiger partial charge < -0.3 is 10.0 Å². The Bertz CT molecular complexity index is 448. The molecular formula is C16H23NO3S. The molecule has 0 bridgehead atoms. The number of carbonyl (C=O) groups excluding carboxylic acids is 1. The molecule has 0 atom stereocenters. The fraction of sp³-hybridized carbons (Fsp3) is 0.500. The van der Waals surface area contributed by atoms with Gasteiger partial charge in [-0.25, -0.2) is 0 Å². The van der Waals surface area contributed by atoms with Gasteiger partial charge in [-0.05, 0) is 23.7 Å². The summed E-state index contributed by atoms with van der Waals surface area (Å²) in [5, 5.41) is 8.87. The molecule has 1 rings (SSSR count). The molecule has 0 unspecified atom stereocenters. The lowest BCUT2D eigenvalue weighted by Crippen LogP contribution is -2.39. The van der Waals surface area contributed by atoms with Crippen molar-refractivity contribution in [3.8, 4) is 0 Å². The monoisotopic (exact) mass is 309 g/mol. The molecule has 1 amide bonds. The first kappa shape index (κ1) is 17.6. The van der Waals surface area contributed by atoms with Gasteiger partial charge in [-0.15, -0.1) is 0 Å². The van der Waals surface area contributed by atoms with Crippen molar-refractivity contribution < 1.29 is 14.7 Å². The zero-order valence-electron chi connectivity index (χ0n) is 12.6. The lowest BCUT2D eigenvalue weighted by atomic mass is 10.2. The third-order valence-electron chi connectivity index (χ3n) is 2.87. The summed E-state index contributed by atoms with van der Waals surface area (Å²) in [6.45, 7) is 4.23. The summed E-state index contributed by atoms with van der Waals surface area (Å²) in [6, 6.07) is 10.1. The van der Waals surface area contributed by atoms with E-state index in [-0.39, 0.29) is 18.4 Å². The summed E-state index contributed by atoms with van der Waals surface area (Å²) >= 11 is 1.55. The molecule has 0 aliphatic carbocycles. The summed E-state index contributed by atoms with van der Waals surface area (Å²) in [5.74, 6) is 0.413. The highest BCUT2D eigenvalue weighted by Gasteiger charge is 2.17. The van der Waals surface area contributed by atoms with Crippen LogP contribution in [0.2, 0.25) is 0 Å². The van der Waals surface area contributed by atoms with E-state index >= 15 is 0 Å². The van der Waals surface area contributed by atoms with E-state index in [9.17, 15) is 9.59 Å². The van der Waals surface area contributed by atoms with E-state index in [0.717, 1.165) is 12.2 Å². The van der Waals surface area contributed by atoms with Crippen LogP contribution in [0.25, 0.3) is 0 Å². The Hall–Kier alpha value is -1.49. The lowest BCUT2D eigenvalue weighted by molar-refractivity contribution is -0.143. The van der Waals surface area contributed by atoms with Crippen LogP contribution in [0.15, 0.2) is 30.3 Å². The molecule has 0 saturated carbocycles. The number of carboxylic acids is 1. The Labute approximate surface area is 130 Å². The van der Waals surface area contributed by atoms with E-state index in [1.165, 1.54) is 10.5 Å². The van der Waals surface area contributed by atoms with Crippen LogP contribution in [0.5, 0.6) is 0 Å². The summed E-state index contributed by atoms with van der Waals surface area (Å²) in [6.07, 6.45) is 0.919. The smallest absolute Gasteiger partial charge is 0.323 e. The van der Waals surface area contributed by atoms with E-state index in [0.29, 0.717) is 12.3 Å². The molecule has 1 aromatic carbocycles. The van der Waals surface area contributed by atoms with E-state index in [1.807, 2.05) is 32.0 Å². The van der Waals surface area contributed by atoms with Gasteiger partial charge in [-0.1, -0.05) is 44.2 Å². The molecule has 0 radical (unpaired) electrons. The number of carbonyl (C=O) groups is 2. The third-order valence-corrected chi connectivity index (χ3v) is 3.81. The number of nitrogens with zero attached hydrogens (tertiary/aromatic N) is 1. The molecule has 0 aliphatic heterocycles. The van der Waals surface area contributed by atoms with Crippen LogP contribution in [0, 0.1) is 5.92 Å². The Morgan fingerprint density at radius 1 is 1.24 bits per heavy atom. The summed E-state index contributed by atoms with van der Waals surface area (Å²) in [5.41, 5.74) is 1.25. The quantitative estimate of drug-likeness (QED) is 0.712. The number of amides is 1. The van der Waals surface area contributed by atoms with Gasteiger partial charge >= 0.3 is 5.97 Å². The molecule has 0 saturated heterocycles. The predicted octanol–water partition coefficient (Wildman–Crippen LogP) is 2.53. The number of hydrogen-bond donors (Lipinski definition) is 1. The van der Waals surface area contributed by atoms with Crippen LogP contribution in [0.4, 0.5) is 0 Å². The van der Waals surface area contributed by atoms with Gasteiger partial charge in [0, 0.05) is 6.54 Å². The van der Waals surface area contributed by atoms with Gasteiger partial charge in [0.1, 0.15) is 6.54 Å². The summed E-state index contributed by atoms with van der Waals surface area (Å²) < 4.78 is 0. The fourth-order valence-electron chi connectivity index (χ4n) is 1.94. The molecule has 5 heteroatoms. The van der Waals surface area contributed by atoms with Gasteiger partial charge in [0.15, 0.2) is 0 Å². The highest BCUT2D eigenvalue weighted by Crippen LogP contribution is 2.09. The second-order valence-electron chi connectivity index (χ2n) is 5.35. The lowest BCUT2D eigenvalue weighted by Gasteiger charge is -2.22. The maximum absolute atomic E-state index is 12.1. The molecule has 0 spiro atoms. The van der Waals surface area contributed by atoms with Gasteiger partial charge in [0.25, 0.3) is 0 Å². The van der Waals surface area contributed by atoms with Gasteiger partial charge in [-0.2, -0.15) is 11.8 Å². The topological polar surface area (TPSA) is 57.6 Å². The number of rotatable bonds is 9. The van der Waals surface area contributed by atoms with Crippen LogP contribution in [-0.4, -0.2) is 46.5 Å². The van der Waals surface area contributed by atoms with E-state index in [4.69, 9.17) is 5.11 Å². The van der Waals surface area contributed by atoms with Crippen LogP contribution < -0.4 is 0 Å². The fourth-order valence-corrected chi connectivity index (χ4v) is 2.83. The minimum absolute atomic E-state index is 0.0934. The average molecular weight is 309 g/mol. The van der Waals surface area contributed by atoms with Crippen molar-refractivity contribution in [3.05, 3.63) is 35.9 Å². The molecular weight excluding hydrogens is 286 g/mol. The largest absolute Gasteiger partial charge is 0.480 e. The highest BCUT2D eigenvalue weighted by atomic mass is 32.2. The Morgan fingerprint density at radius 3 is 2.48 bits per heavy atom. The van der Waals surface area contributed by atoms with Crippen LogP contribution >= 0.6 is 11.8 Å². The van der Waals surface area contributed by atoms with Crippen molar-refractivity contribution in [3.63, 3.8) is 0 Å². The average Bonchev–Trinajstić information content (AvgIpc) is 2.43. The van der Waals surface area contributed by atoms with Crippen molar-refractivity contribution in [2.45, 2.75) is 20.3 Å². The van der Waals surface area contributed by atoms with Gasteiger partial charge in [-0.3, -0.25) is 9.59 Å². The zero-order valence-corrected chi connectivity index (χ0v) is 13.4. The number of thioether (sulfide) groups is 1. The summed E-state index contributed by atoms with van der Waals surface area (Å²) in [4.78, 5) is 24.3. The number of hydrogen-bond acceptors (Lipinski definition) is 3. The zero-order chi connectivity index (χ0) is 15.7. The minimum Gasteiger partial charge on any atom is -0.480 e. The predicted molar refractivity (Wildman–Crippen MR) is 86.5 cm³/mol. The van der Waals surface area contributed by atoms with Gasteiger partial charge in [0.05, 0.1) is 5.75 Å². The minimum atomic E-state index is -0.960. The molecule has 1 N–H and O–H groups in total. The maximum atomic E-state index is 12.1. The van der Waals surface area contributed by atoms with Crippen molar-refractivity contribution in [2.24, 2.45) is 5.92 Å². The molecule has 0 aliphatic rings. The first-order valence-electron chi connectivity index (χ1n) is 7.10. The Balaban J connectivity index is 2.34. The molecule has 1 aromatic rings. The van der Waals surface area contributed by atoms with Gasteiger partial charge in [0.2, 0.25) is 5.91 Å². The van der Waals surface area contributed by atoms with Crippen molar-refractivity contribution in [1.29, 1.82) is 0 Å². The van der Waals surface area contributed by atoms with Crippen LogP contribution in [0.1, 0.15) is 19.4 Å². The van der Waals surface area contributed by atoms with Crippen LogP contribution in [-0.2, 0) is 16.0 Å². The number of benzene rings is 1. The van der Waals surface area contributed by atoms with Crippen LogP contribution in [0.3, 0.4) is 0 Å². The SMILES string of the molecule is CC(C)CN(CC(=O)O)C(=O)CSCCc1ccccc1. The molecule has 0 fully saturated rings. The second-order valence-corrected chi connectivity index (χ2v) is 6.46. The Morgan fingerprint density at radius 2 is 1.90 bits per heavy atom. The first-order valence-corrected chi connectivity index (χ1v) is 8.25. The van der Waals surface area contributed by atoms with E-state index in [1.54, 1.807) is 11.8 Å². The number of carboxylic acid groups (broad SMARTS) is 1. The molecule has 0 aromatic heterocycles. The van der Waals surface area contributed by atoms with Crippen molar-refractivity contribution >= 4 is 23.6 Å². The normalized spacial score (nSPS) is 10.6. The number of aliphatic carboxylic acids is 1. The second kappa shape index (κ2) is 9.45.